The maximum Gasteiger partial charge on any atom is 0.137 e. The molecule has 4 heteroatoms. The van der Waals surface area contributed by atoms with Crippen molar-refractivity contribution in [3.05, 3.63) is 41.3 Å². The Morgan fingerprint density at radius 1 is 1.22 bits per heavy atom. The Morgan fingerprint density at radius 2 is 2.11 bits per heavy atom. The molecule has 3 aromatic heterocycles. The molecule has 3 heterocycles. The van der Waals surface area contributed by atoms with Gasteiger partial charge < -0.3 is 0 Å². The SMILES string of the molecule is Cc1ncc(-c2cnc3ccc(C4CC4)cn23)s1. The Morgan fingerprint density at radius 3 is 2.83 bits per heavy atom. The van der Waals surface area contributed by atoms with Gasteiger partial charge in [0.25, 0.3) is 0 Å². The summed E-state index contributed by atoms with van der Waals surface area (Å²) >= 11 is 1.72. The highest BCUT2D eigenvalue weighted by Gasteiger charge is 2.24. The summed E-state index contributed by atoms with van der Waals surface area (Å²) < 4.78 is 2.20. The summed E-state index contributed by atoms with van der Waals surface area (Å²) in [5, 5.41) is 1.10. The van der Waals surface area contributed by atoms with Crippen LogP contribution in [0.15, 0.2) is 30.7 Å². The zero-order chi connectivity index (χ0) is 12.1. The van der Waals surface area contributed by atoms with Gasteiger partial charge in [0.15, 0.2) is 0 Å². The van der Waals surface area contributed by atoms with Gasteiger partial charge in [-0.15, -0.1) is 11.3 Å². The molecule has 3 aromatic rings. The van der Waals surface area contributed by atoms with E-state index < -0.39 is 0 Å². The number of aromatic nitrogens is 3. The molecule has 0 amide bonds. The van der Waals surface area contributed by atoms with Crippen molar-refractivity contribution >= 4 is 17.0 Å². The van der Waals surface area contributed by atoms with Crippen LogP contribution in [0.2, 0.25) is 0 Å². The first-order chi connectivity index (χ1) is 8.81. The number of thiazole rings is 1. The van der Waals surface area contributed by atoms with Crippen molar-refractivity contribution in [1.82, 2.24) is 14.4 Å². The van der Waals surface area contributed by atoms with Crippen LogP contribution in [0.25, 0.3) is 16.2 Å². The molecular formula is C14H13N3S. The van der Waals surface area contributed by atoms with Crippen LogP contribution in [0.5, 0.6) is 0 Å². The number of hydrogen-bond donors (Lipinski definition) is 0. The van der Waals surface area contributed by atoms with Gasteiger partial charge in [-0.2, -0.15) is 0 Å². The fraction of sp³-hybridized carbons (Fsp3) is 0.286. The Kier molecular flexibility index (Phi) is 2.08. The predicted octanol–water partition coefficient (Wildman–Crippen LogP) is 3.64. The second kappa shape index (κ2) is 3.65. The van der Waals surface area contributed by atoms with Crippen LogP contribution in [0.4, 0.5) is 0 Å². The number of imidazole rings is 1. The molecule has 0 saturated heterocycles. The molecular weight excluding hydrogens is 242 g/mol. The molecule has 0 aromatic carbocycles. The monoisotopic (exact) mass is 255 g/mol. The summed E-state index contributed by atoms with van der Waals surface area (Å²) in [6, 6.07) is 4.33. The average molecular weight is 255 g/mol. The van der Waals surface area contributed by atoms with Crippen molar-refractivity contribution in [2.24, 2.45) is 0 Å². The summed E-state index contributed by atoms with van der Waals surface area (Å²) in [7, 11) is 0. The lowest BCUT2D eigenvalue weighted by Gasteiger charge is -2.02. The largest absolute Gasteiger partial charge is 0.299 e. The van der Waals surface area contributed by atoms with E-state index in [9.17, 15) is 0 Å². The number of aryl methyl sites for hydroxylation is 1. The normalized spacial score (nSPS) is 15.4. The van der Waals surface area contributed by atoms with E-state index in [-0.39, 0.29) is 0 Å². The maximum absolute atomic E-state index is 4.47. The van der Waals surface area contributed by atoms with Gasteiger partial charge in [0.05, 0.1) is 21.8 Å². The van der Waals surface area contributed by atoms with E-state index in [0.29, 0.717) is 0 Å². The molecule has 3 nitrogen and oxygen atoms in total. The summed E-state index contributed by atoms with van der Waals surface area (Å²) in [4.78, 5) is 9.98. The number of pyridine rings is 1. The van der Waals surface area contributed by atoms with Crippen LogP contribution < -0.4 is 0 Å². The maximum atomic E-state index is 4.47. The fourth-order valence-corrected chi connectivity index (χ4v) is 3.10. The number of hydrogen-bond acceptors (Lipinski definition) is 3. The van der Waals surface area contributed by atoms with E-state index >= 15 is 0 Å². The average Bonchev–Trinajstić information content (AvgIpc) is 3.01. The standard InChI is InChI=1S/C14H13N3S/c1-9-15-7-13(18-9)12-6-16-14-5-4-11(8-17(12)14)10-2-3-10/h4-8,10H,2-3H2,1H3. The second-order valence-corrected chi connectivity index (χ2v) is 6.09. The van der Waals surface area contributed by atoms with Crippen LogP contribution in [0.1, 0.15) is 29.3 Å². The van der Waals surface area contributed by atoms with E-state index in [4.69, 9.17) is 0 Å². The van der Waals surface area contributed by atoms with E-state index in [1.54, 1.807) is 11.3 Å². The first-order valence-electron chi connectivity index (χ1n) is 6.21. The van der Waals surface area contributed by atoms with Crippen LogP contribution in [-0.4, -0.2) is 14.4 Å². The van der Waals surface area contributed by atoms with Gasteiger partial charge in [-0.25, -0.2) is 9.97 Å². The molecule has 0 radical (unpaired) electrons. The zero-order valence-electron chi connectivity index (χ0n) is 10.1. The quantitative estimate of drug-likeness (QED) is 0.699. The highest BCUT2D eigenvalue weighted by molar-refractivity contribution is 7.15. The van der Waals surface area contributed by atoms with Crippen molar-refractivity contribution in [3.8, 4) is 10.6 Å². The molecule has 18 heavy (non-hydrogen) atoms. The molecule has 4 rings (SSSR count). The first-order valence-corrected chi connectivity index (χ1v) is 7.03. The molecule has 1 aliphatic rings. The van der Waals surface area contributed by atoms with Crippen LogP contribution in [0.3, 0.4) is 0 Å². The van der Waals surface area contributed by atoms with E-state index in [0.717, 1.165) is 22.3 Å². The Labute approximate surface area is 109 Å². The molecule has 1 saturated carbocycles. The molecule has 0 bridgehead atoms. The summed E-state index contributed by atoms with van der Waals surface area (Å²) in [5.41, 5.74) is 3.60. The van der Waals surface area contributed by atoms with E-state index in [1.165, 1.54) is 23.3 Å². The third-order valence-electron chi connectivity index (χ3n) is 3.45. The molecule has 0 unspecified atom stereocenters. The minimum atomic E-state index is 0.771. The van der Waals surface area contributed by atoms with Gasteiger partial charge >= 0.3 is 0 Å². The first kappa shape index (κ1) is 10.3. The molecule has 0 N–H and O–H groups in total. The number of nitrogens with zero attached hydrogens (tertiary/aromatic N) is 3. The highest BCUT2D eigenvalue weighted by Crippen LogP contribution is 2.40. The predicted molar refractivity (Wildman–Crippen MR) is 73.0 cm³/mol. The van der Waals surface area contributed by atoms with Gasteiger partial charge in [-0.05, 0) is 37.3 Å². The highest BCUT2D eigenvalue weighted by atomic mass is 32.1. The van der Waals surface area contributed by atoms with Crippen molar-refractivity contribution in [1.29, 1.82) is 0 Å². The summed E-state index contributed by atoms with van der Waals surface area (Å²) in [5.74, 6) is 0.771. The second-order valence-electron chi connectivity index (χ2n) is 4.85. The summed E-state index contributed by atoms with van der Waals surface area (Å²) in [6.07, 6.45) is 8.78. The van der Waals surface area contributed by atoms with Crippen molar-refractivity contribution in [2.45, 2.75) is 25.7 Å². The lowest BCUT2D eigenvalue weighted by Crippen LogP contribution is -1.90. The Hall–Kier alpha value is -1.68. The molecule has 0 spiro atoms. The van der Waals surface area contributed by atoms with Gasteiger partial charge in [-0.3, -0.25) is 4.40 Å². The fourth-order valence-electron chi connectivity index (χ4n) is 2.32. The van der Waals surface area contributed by atoms with Gasteiger partial charge in [0.1, 0.15) is 5.65 Å². The topological polar surface area (TPSA) is 30.2 Å². The van der Waals surface area contributed by atoms with E-state index in [1.807, 2.05) is 19.3 Å². The molecule has 1 fully saturated rings. The zero-order valence-corrected chi connectivity index (χ0v) is 10.9. The molecule has 0 aliphatic heterocycles. The minimum absolute atomic E-state index is 0.771. The summed E-state index contributed by atoms with van der Waals surface area (Å²) in [6.45, 7) is 2.03. The Bertz CT molecular complexity index is 722. The molecule has 90 valence electrons. The number of fused-ring (bicyclic) bond motifs is 1. The molecule has 0 atom stereocenters. The van der Waals surface area contributed by atoms with Gasteiger partial charge in [0, 0.05) is 12.4 Å². The van der Waals surface area contributed by atoms with Crippen molar-refractivity contribution < 1.29 is 0 Å². The smallest absolute Gasteiger partial charge is 0.137 e. The Balaban J connectivity index is 1.91. The van der Waals surface area contributed by atoms with Gasteiger partial charge in [-0.1, -0.05) is 6.07 Å². The van der Waals surface area contributed by atoms with Crippen LogP contribution in [-0.2, 0) is 0 Å². The van der Waals surface area contributed by atoms with Gasteiger partial charge in [0.2, 0.25) is 0 Å². The third-order valence-corrected chi connectivity index (χ3v) is 4.39. The molecule has 1 aliphatic carbocycles. The van der Waals surface area contributed by atoms with Crippen LogP contribution in [0, 0.1) is 6.92 Å². The van der Waals surface area contributed by atoms with E-state index in [2.05, 4.69) is 32.7 Å². The van der Waals surface area contributed by atoms with Crippen molar-refractivity contribution in [2.75, 3.05) is 0 Å². The number of rotatable bonds is 2. The third kappa shape index (κ3) is 1.56. The minimum Gasteiger partial charge on any atom is -0.299 e. The van der Waals surface area contributed by atoms with Crippen LogP contribution >= 0.6 is 11.3 Å². The lowest BCUT2D eigenvalue weighted by atomic mass is 10.2. The van der Waals surface area contributed by atoms with Crippen molar-refractivity contribution in [3.63, 3.8) is 0 Å². The lowest BCUT2D eigenvalue weighted by molar-refractivity contribution is 1.06.